The predicted molar refractivity (Wildman–Crippen MR) is 85.5 cm³/mol. The van der Waals surface area contributed by atoms with E-state index in [1.165, 1.54) is 17.7 Å². The van der Waals surface area contributed by atoms with E-state index in [1.54, 1.807) is 0 Å². The Kier molecular flexibility index (Phi) is 4.27. The molecule has 1 atom stereocenters. The molecule has 0 radical (unpaired) electrons. The summed E-state index contributed by atoms with van der Waals surface area (Å²) in [4.78, 5) is 0. The summed E-state index contributed by atoms with van der Waals surface area (Å²) < 4.78 is 13.0. The fourth-order valence-corrected chi connectivity index (χ4v) is 3.28. The van der Waals surface area contributed by atoms with E-state index in [-0.39, 0.29) is 12.4 Å². The molecule has 1 aromatic carbocycles. The third-order valence-corrected chi connectivity index (χ3v) is 4.39. The van der Waals surface area contributed by atoms with E-state index in [2.05, 4.69) is 16.5 Å². The number of benzene rings is 1. The fourth-order valence-electron chi connectivity index (χ4n) is 3.28. The Labute approximate surface area is 136 Å². The number of aromatic nitrogens is 2. The van der Waals surface area contributed by atoms with Crippen molar-refractivity contribution < 1.29 is 9.47 Å². The second kappa shape index (κ2) is 6.18. The van der Waals surface area contributed by atoms with E-state index in [1.807, 2.05) is 30.1 Å². The summed E-state index contributed by atoms with van der Waals surface area (Å²) in [5, 5.41) is 8.04. The summed E-state index contributed by atoms with van der Waals surface area (Å²) in [5.74, 6) is 1.73. The topological polar surface area (TPSA) is 48.3 Å². The highest BCUT2D eigenvalue weighted by Gasteiger charge is 2.24. The van der Waals surface area contributed by atoms with Crippen molar-refractivity contribution in [1.82, 2.24) is 15.1 Å². The minimum absolute atomic E-state index is 0. The summed E-state index contributed by atoms with van der Waals surface area (Å²) in [6, 6.07) is 6.43. The van der Waals surface area contributed by atoms with Gasteiger partial charge in [0, 0.05) is 36.5 Å². The van der Waals surface area contributed by atoms with Crippen LogP contribution in [-0.4, -0.2) is 16.6 Å². The van der Waals surface area contributed by atoms with E-state index in [0.717, 1.165) is 36.4 Å². The maximum Gasteiger partial charge on any atom is 0.231 e. The van der Waals surface area contributed by atoms with Gasteiger partial charge in [-0.3, -0.25) is 4.68 Å². The Morgan fingerprint density at radius 2 is 2.27 bits per heavy atom. The molecule has 0 bridgehead atoms. The number of nitrogens with one attached hydrogen (secondary N) is 1. The van der Waals surface area contributed by atoms with Crippen LogP contribution in [-0.2, 0) is 20.0 Å². The molecule has 22 heavy (non-hydrogen) atoms. The Bertz CT molecular complexity index is 671. The minimum atomic E-state index is 0. The molecule has 1 aliphatic carbocycles. The van der Waals surface area contributed by atoms with Gasteiger partial charge in [-0.1, -0.05) is 12.1 Å². The van der Waals surface area contributed by atoms with Gasteiger partial charge in [0.25, 0.3) is 0 Å². The summed E-state index contributed by atoms with van der Waals surface area (Å²) in [6.45, 7) is 1.11. The zero-order valence-electron chi connectivity index (χ0n) is 12.5. The third kappa shape index (κ3) is 2.55. The standard InChI is InChI=1S/C16H19N3O2.ClH/c1-19-14-6-3-5-13(12(14)9-18-19)17-8-11-4-2-7-15-16(11)21-10-20-15;/h2,4,7,9,13,17H,3,5-6,8,10H2,1H3;1H. The van der Waals surface area contributed by atoms with Crippen LogP contribution >= 0.6 is 12.4 Å². The van der Waals surface area contributed by atoms with Crippen molar-refractivity contribution in [1.29, 1.82) is 0 Å². The molecule has 1 aliphatic heterocycles. The molecule has 1 aromatic heterocycles. The second-order valence-electron chi connectivity index (χ2n) is 5.65. The van der Waals surface area contributed by atoms with Crippen LogP contribution in [0.2, 0.25) is 0 Å². The number of fused-ring (bicyclic) bond motifs is 2. The maximum absolute atomic E-state index is 5.56. The van der Waals surface area contributed by atoms with E-state index < -0.39 is 0 Å². The van der Waals surface area contributed by atoms with Gasteiger partial charge in [0.05, 0.1) is 6.20 Å². The highest BCUT2D eigenvalue weighted by molar-refractivity contribution is 5.85. The van der Waals surface area contributed by atoms with Gasteiger partial charge in [0.2, 0.25) is 6.79 Å². The van der Waals surface area contributed by atoms with Gasteiger partial charge in [-0.15, -0.1) is 12.4 Å². The minimum Gasteiger partial charge on any atom is -0.454 e. The number of ether oxygens (including phenoxy) is 2. The number of hydrogen-bond donors (Lipinski definition) is 1. The van der Waals surface area contributed by atoms with Crippen LogP contribution in [0.4, 0.5) is 0 Å². The molecule has 1 N–H and O–H groups in total. The lowest BCUT2D eigenvalue weighted by Gasteiger charge is -2.24. The predicted octanol–water partition coefficient (Wildman–Crippen LogP) is 2.74. The number of aryl methyl sites for hydroxylation is 1. The first kappa shape index (κ1) is 15.2. The van der Waals surface area contributed by atoms with Crippen LogP contribution in [0.5, 0.6) is 11.5 Å². The van der Waals surface area contributed by atoms with Gasteiger partial charge in [-0.05, 0) is 25.3 Å². The van der Waals surface area contributed by atoms with Crippen molar-refractivity contribution in [3.05, 3.63) is 41.2 Å². The van der Waals surface area contributed by atoms with Crippen LogP contribution in [0, 0.1) is 0 Å². The van der Waals surface area contributed by atoms with Crippen molar-refractivity contribution >= 4 is 12.4 Å². The average Bonchev–Trinajstić information content (AvgIpc) is 3.13. The van der Waals surface area contributed by atoms with Gasteiger partial charge in [0.1, 0.15) is 0 Å². The number of rotatable bonds is 3. The Morgan fingerprint density at radius 3 is 3.18 bits per heavy atom. The zero-order chi connectivity index (χ0) is 14.2. The molecule has 4 rings (SSSR count). The Balaban J connectivity index is 0.00000144. The number of halogens is 1. The van der Waals surface area contributed by atoms with E-state index in [0.29, 0.717) is 12.8 Å². The first-order valence-electron chi connectivity index (χ1n) is 7.44. The average molecular weight is 322 g/mol. The summed E-state index contributed by atoms with van der Waals surface area (Å²) >= 11 is 0. The zero-order valence-corrected chi connectivity index (χ0v) is 13.4. The molecule has 0 saturated carbocycles. The van der Waals surface area contributed by atoms with Crippen LogP contribution in [0.1, 0.15) is 35.7 Å². The molecule has 5 nitrogen and oxygen atoms in total. The first-order valence-corrected chi connectivity index (χ1v) is 7.44. The van der Waals surface area contributed by atoms with Crippen LogP contribution in [0.25, 0.3) is 0 Å². The third-order valence-electron chi connectivity index (χ3n) is 4.39. The summed E-state index contributed by atoms with van der Waals surface area (Å²) in [7, 11) is 2.02. The molecule has 0 amide bonds. The smallest absolute Gasteiger partial charge is 0.231 e. The molecule has 2 aromatic rings. The van der Waals surface area contributed by atoms with Crippen LogP contribution in [0.15, 0.2) is 24.4 Å². The quantitative estimate of drug-likeness (QED) is 0.944. The number of para-hydroxylation sites is 1. The SMILES string of the molecule is Cl.Cn1ncc2c1CCCC2NCc1cccc2c1OCO2. The monoisotopic (exact) mass is 321 g/mol. The molecule has 2 heterocycles. The molecule has 0 spiro atoms. The van der Waals surface area contributed by atoms with Gasteiger partial charge in [-0.25, -0.2) is 0 Å². The summed E-state index contributed by atoms with van der Waals surface area (Å²) in [5.41, 5.74) is 3.85. The molecular weight excluding hydrogens is 302 g/mol. The lowest BCUT2D eigenvalue weighted by Crippen LogP contribution is -2.25. The highest BCUT2D eigenvalue weighted by atomic mass is 35.5. The number of hydrogen-bond acceptors (Lipinski definition) is 4. The Hall–Kier alpha value is -1.72. The lowest BCUT2D eigenvalue weighted by molar-refractivity contribution is 0.173. The number of nitrogens with zero attached hydrogens (tertiary/aromatic N) is 2. The van der Waals surface area contributed by atoms with Crippen LogP contribution in [0.3, 0.4) is 0 Å². The van der Waals surface area contributed by atoms with Gasteiger partial charge < -0.3 is 14.8 Å². The van der Waals surface area contributed by atoms with Crippen molar-refractivity contribution in [2.75, 3.05) is 6.79 Å². The highest BCUT2D eigenvalue weighted by Crippen LogP contribution is 2.36. The first-order chi connectivity index (χ1) is 10.3. The van der Waals surface area contributed by atoms with E-state index in [4.69, 9.17) is 9.47 Å². The Morgan fingerprint density at radius 1 is 1.36 bits per heavy atom. The molecule has 1 unspecified atom stereocenters. The molecular formula is C16H20ClN3O2. The van der Waals surface area contributed by atoms with E-state index in [9.17, 15) is 0 Å². The molecule has 2 aliphatic rings. The molecule has 118 valence electrons. The molecule has 0 saturated heterocycles. The van der Waals surface area contributed by atoms with Crippen LogP contribution < -0.4 is 14.8 Å². The van der Waals surface area contributed by atoms with Crippen molar-refractivity contribution in [2.45, 2.75) is 31.8 Å². The van der Waals surface area contributed by atoms with Crippen molar-refractivity contribution in [2.24, 2.45) is 7.05 Å². The fraction of sp³-hybridized carbons (Fsp3) is 0.438. The van der Waals surface area contributed by atoms with Crippen molar-refractivity contribution in [3.63, 3.8) is 0 Å². The van der Waals surface area contributed by atoms with E-state index >= 15 is 0 Å². The lowest BCUT2D eigenvalue weighted by atomic mass is 9.93. The van der Waals surface area contributed by atoms with Gasteiger partial charge in [-0.2, -0.15) is 5.10 Å². The molecule has 6 heteroatoms. The normalized spacial score (nSPS) is 18.7. The van der Waals surface area contributed by atoms with Crippen molar-refractivity contribution in [3.8, 4) is 11.5 Å². The summed E-state index contributed by atoms with van der Waals surface area (Å²) in [6.07, 6.45) is 5.49. The largest absolute Gasteiger partial charge is 0.454 e. The molecule has 0 fully saturated rings. The second-order valence-corrected chi connectivity index (χ2v) is 5.65. The van der Waals surface area contributed by atoms with Gasteiger partial charge >= 0.3 is 0 Å². The van der Waals surface area contributed by atoms with Gasteiger partial charge in [0.15, 0.2) is 11.5 Å². The maximum atomic E-state index is 5.56.